The van der Waals surface area contributed by atoms with Crippen molar-refractivity contribution in [2.24, 2.45) is 5.92 Å². The summed E-state index contributed by atoms with van der Waals surface area (Å²) in [6.07, 6.45) is 5.15. The van der Waals surface area contributed by atoms with E-state index in [0.717, 1.165) is 32.5 Å². The molecule has 2 aliphatic rings. The van der Waals surface area contributed by atoms with Crippen molar-refractivity contribution in [1.82, 2.24) is 25.0 Å². The number of carbonyl (C=O) groups is 1. The molecule has 0 saturated carbocycles. The Morgan fingerprint density at radius 2 is 1.96 bits per heavy atom. The summed E-state index contributed by atoms with van der Waals surface area (Å²) >= 11 is 0. The highest BCUT2D eigenvalue weighted by atomic mass is 16.5. The molecule has 1 aromatic rings. The molecule has 3 heterocycles. The minimum atomic E-state index is -0.468. The lowest BCUT2D eigenvalue weighted by atomic mass is 9.97. The van der Waals surface area contributed by atoms with Gasteiger partial charge in [0.2, 0.25) is 5.91 Å². The largest absolute Gasteiger partial charge is 0.391 e. The number of hydrogen-bond acceptors (Lipinski definition) is 6. The fraction of sp³-hybridized carbons (Fsp3) is 0.800. The molecule has 0 aliphatic carbocycles. The smallest absolute Gasteiger partial charge is 0.223 e. The maximum Gasteiger partial charge on any atom is 0.223 e. The first-order chi connectivity index (χ1) is 11.2. The van der Waals surface area contributed by atoms with Gasteiger partial charge in [0.1, 0.15) is 12.7 Å². The number of likely N-dealkylation sites (tertiary alicyclic amines) is 1. The fourth-order valence-electron chi connectivity index (χ4n) is 3.21. The lowest BCUT2D eigenvalue weighted by Gasteiger charge is -2.37. The molecule has 0 aromatic carbocycles. The lowest BCUT2D eigenvalue weighted by molar-refractivity contribution is -0.130. The van der Waals surface area contributed by atoms with Gasteiger partial charge in [-0.25, -0.2) is 0 Å². The van der Waals surface area contributed by atoms with Crippen molar-refractivity contribution in [1.29, 1.82) is 0 Å². The van der Waals surface area contributed by atoms with E-state index in [1.807, 2.05) is 4.57 Å². The topological polar surface area (TPSA) is 92.5 Å². The van der Waals surface area contributed by atoms with E-state index in [2.05, 4.69) is 20.4 Å². The number of aliphatic hydroxyl groups is 1. The zero-order chi connectivity index (χ0) is 16.1. The van der Waals surface area contributed by atoms with Gasteiger partial charge in [-0.2, -0.15) is 0 Å². The molecule has 0 radical (unpaired) electrons. The number of ether oxygens (including phenoxy) is 1. The molecule has 2 aliphatic heterocycles. The van der Waals surface area contributed by atoms with Crippen LogP contribution in [0.3, 0.4) is 0 Å². The van der Waals surface area contributed by atoms with Crippen molar-refractivity contribution >= 4 is 5.91 Å². The summed E-state index contributed by atoms with van der Waals surface area (Å²) in [5, 5.41) is 20.8. The van der Waals surface area contributed by atoms with Crippen LogP contribution in [-0.4, -0.2) is 75.7 Å². The molecular weight excluding hydrogens is 298 g/mol. The second kappa shape index (κ2) is 7.85. The molecule has 8 heteroatoms. The van der Waals surface area contributed by atoms with E-state index in [1.54, 1.807) is 12.7 Å². The Kier molecular flexibility index (Phi) is 5.58. The van der Waals surface area contributed by atoms with Gasteiger partial charge >= 0.3 is 0 Å². The van der Waals surface area contributed by atoms with Crippen LogP contribution in [0.4, 0.5) is 0 Å². The molecule has 23 heavy (non-hydrogen) atoms. The predicted octanol–water partition coefficient (Wildman–Crippen LogP) is -0.744. The summed E-state index contributed by atoms with van der Waals surface area (Å²) in [4.78, 5) is 14.6. The highest BCUT2D eigenvalue weighted by molar-refractivity contribution is 5.79. The van der Waals surface area contributed by atoms with Gasteiger partial charge in [-0.05, 0) is 19.3 Å². The van der Waals surface area contributed by atoms with Crippen LogP contribution in [0.15, 0.2) is 12.7 Å². The van der Waals surface area contributed by atoms with Crippen molar-refractivity contribution in [2.45, 2.75) is 38.0 Å². The van der Waals surface area contributed by atoms with Gasteiger partial charge in [-0.3, -0.25) is 9.69 Å². The molecule has 1 amide bonds. The summed E-state index contributed by atoms with van der Waals surface area (Å²) in [5.74, 6) is 0.0707. The Balaban J connectivity index is 1.48. The first-order valence-electron chi connectivity index (χ1n) is 8.33. The minimum Gasteiger partial charge on any atom is -0.391 e. The van der Waals surface area contributed by atoms with Crippen molar-refractivity contribution in [3.63, 3.8) is 0 Å². The molecule has 128 valence electrons. The number of piperidine rings is 1. The number of aromatic nitrogens is 3. The van der Waals surface area contributed by atoms with E-state index < -0.39 is 6.10 Å². The summed E-state index contributed by atoms with van der Waals surface area (Å²) in [6.45, 7) is 4.48. The second-order valence-electron chi connectivity index (χ2n) is 6.36. The van der Waals surface area contributed by atoms with Crippen molar-refractivity contribution in [2.75, 3.05) is 32.8 Å². The second-order valence-corrected chi connectivity index (χ2v) is 6.36. The fourth-order valence-corrected chi connectivity index (χ4v) is 3.21. The molecule has 0 spiro atoms. The first kappa shape index (κ1) is 16.4. The minimum absolute atomic E-state index is 0.0170. The van der Waals surface area contributed by atoms with Crippen molar-refractivity contribution < 1.29 is 14.6 Å². The van der Waals surface area contributed by atoms with E-state index in [1.165, 1.54) is 0 Å². The average molecular weight is 323 g/mol. The third-order valence-corrected chi connectivity index (χ3v) is 4.72. The maximum atomic E-state index is 12.3. The molecule has 2 fully saturated rings. The van der Waals surface area contributed by atoms with E-state index in [0.29, 0.717) is 26.2 Å². The molecular formula is C15H25N5O3. The molecule has 8 nitrogen and oxygen atoms in total. The highest BCUT2D eigenvalue weighted by Crippen LogP contribution is 2.17. The van der Waals surface area contributed by atoms with Gasteiger partial charge < -0.3 is 19.7 Å². The molecule has 0 unspecified atom stereocenters. The highest BCUT2D eigenvalue weighted by Gasteiger charge is 2.31. The van der Waals surface area contributed by atoms with Crippen LogP contribution in [0.5, 0.6) is 0 Å². The number of aliphatic hydroxyl groups excluding tert-OH is 1. The van der Waals surface area contributed by atoms with Crippen LogP contribution in [0.2, 0.25) is 0 Å². The molecule has 2 saturated heterocycles. The zero-order valence-electron chi connectivity index (χ0n) is 13.3. The summed E-state index contributed by atoms with van der Waals surface area (Å²) in [5.41, 5.74) is 0. The van der Waals surface area contributed by atoms with Crippen LogP contribution < -0.4 is 5.32 Å². The van der Waals surface area contributed by atoms with Gasteiger partial charge in [-0.15, -0.1) is 10.2 Å². The van der Waals surface area contributed by atoms with Gasteiger partial charge in [0.25, 0.3) is 0 Å². The maximum absolute atomic E-state index is 12.3. The first-order valence-corrected chi connectivity index (χ1v) is 8.33. The summed E-state index contributed by atoms with van der Waals surface area (Å²) in [7, 11) is 0. The van der Waals surface area contributed by atoms with Crippen LogP contribution in [0, 0.1) is 5.92 Å². The van der Waals surface area contributed by atoms with Crippen LogP contribution in [-0.2, 0) is 16.1 Å². The predicted molar refractivity (Wildman–Crippen MR) is 82.6 cm³/mol. The number of rotatable bonds is 5. The van der Waals surface area contributed by atoms with E-state index in [-0.39, 0.29) is 17.9 Å². The van der Waals surface area contributed by atoms with E-state index in [4.69, 9.17) is 4.74 Å². The average Bonchev–Trinajstić information content (AvgIpc) is 3.10. The summed E-state index contributed by atoms with van der Waals surface area (Å²) in [6, 6.07) is -0.194. The Labute approximate surface area is 135 Å². The SMILES string of the molecule is O=C(N[C@@H]1CN(CCn2cnnc2)CC[C@@H]1O)C1CCOCC1. The summed E-state index contributed by atoms with van der Waals surface area (Å²) < 4.78 is 7.23. The normalized spacial score (nSPS) is 27.0. The van der Waals surface area contributed by atoms with E-state index in [9.17, 15) is 9.90 Å². The standard InChI is InChI=1S/C15H25N5O3/c21-14-1-4-19(5-6-20-10-16-17-11-20)9-13(14)18-15(22)12-2-7-23-8-3-12/h10-14,21H,1-9H2,(H,18,22)/t13-,14+/m1/s1. The Morgan fingerprint density at radius 1 is 1.22 bits per heavy atom. The lowest BCUT2D eigenvalue weighted by Crippen LogP contribution is -2.56. The Bertz CT molecular complexity index is 489. The third kappa shape index (κ3) is 4.49. The zero-order valence-corrected chi connectivity index (χ0v) is 13.3. The molecule has 0 bridgehead atoms. The molecule has 2 N–H and O–H groups in total. The monoisotopic (exact) mass is 323 g/mol. The quantitative estimate of drug-likeness (QED) is 0.741. The Morgan fingerprint density at radius 3 is 2.70 bits per heavy atom. The van der Waals surface area contributed by atoms with Crippen LogP contribution >= 0.6 is 0 Å². The van der Waals surface area contributed by atoms with Crippen LogP contribution in [0.25, 0.3) is 0 Å². The molecule has 1 aromatic heterocycles. The van der Waals surface area contributed by atoms with Gasteiger partial charge in [0, 0.05) is 45.3 Å². The van der Waals surface area contributed by atoms with Gasteiger partial charge in [0.15, 0.2) is 0 Å². The molecule has 3 rings (SSSR count). The third-order valence-electron chi connectivity index (χ3n) is 4.72. The number of nitrogens with zero attached hydrogens (tertiary/aromatic N) is 4. The number of carbonyl (C=O) groups excluding carboxylic acids is 1. The van der Waals surface area contributed by atoms with Gasteiger partial charge in [0.05, 0.1) is 12.1 Å². The number of hydrogen-bond donors (Lipinski definition) is 2. The van der Waals surface area contributed by atoms with Crippen molar-refractivity contribution in [3.8, 4) is 0 Å². The Hall–Kier alpha value is -1.51. The van der Waals surface area contributed by atoms with Crippen LogP contribution in [0.1, 0.15) is 19.3 Å². The number of amides is 1. The van der Waals surface area contributed by atoms with E-state index >= 15 is 0 Å². The number of nitrogens with one attached hydrogen (secondary N) is 1. The molecule has 2 atom stereocenters. The van der Waals surface area contributed by atoms with Gasteiger partial charge in [-0.1, -0.05) is 0 Å². The van der Waals surface area contributed by atoms with Crippen molar-refractivity contribution in [3.05, 3.63) is 12.7 Å².